The second-order valence-corrected chi connectivity index (χ2v) is 7.30. The Morgan fingerprint density at radius 1 is 0.771 bits per heavy atom. The molecule has 0 unspecified atom stereocenters. The third-order valence-electron chi connectivity index (χ3n) is 5.44. The lowest BCUT2D eigenvalue weighted by molar-refractivity contribution is 0.0649. The van der Waals surface area contributed by atoms with Crippen molar-refractivity contribution in [2.75, 3.05) is 14.2 Å². The highest BCUT2D eigenvalue weighted by Crippen LogP contribution is 2.48. The summed E-state index contributed by atoms with van der Waals surface area (Å²) < 4.78 is 16.3. The molecule has 4 rings (SSSR count). The van der Waals surface area contributed by atoms with E-state index < -0.39 is 40.0 Å². The van der Waals surface area contributed by atoms with Gasteiger partial charge in [-0.1, -0.05) is 0 Å². The minimum Gasteiger partial charge on any atom is -0.504 e. The van der Waals surface area contributed by atoms with Crippen molar-refractivity contribution in [2.24, 2.45) is 0 Å². The normalized spacial score (nSPS) is 10.9. The molecule has 1 aliphatic carbocycles. The summed E-state index contributed by atoms with van der Waals surface area (Å²) in [7, 11) is 2.48. The Morgan fingerprint density at radius 3 is 1.94 bits per heavy atom. The Morgan fingerprint density at radius 2 is 1.37 bits per heavy atom. The van der Waals surface area contributed by atoms with E-state index in [0.717, 1.165) is 18.2 Å². The number of aromatic hydroxyl groups is 1. The van der Waals surface area contributed by atoms with Crippen molar-refractivity contribution < 1.29 is 48.7 Å². The van der Waals surface area contributed by atoms with Gasteiger partial charge in [0, 0.05) is 16.5 Å². The van der Waals surface area contributed by atoms with Gasteiger partial charge in [0.1, 0.15) is 0 Å². The van der Waals surface area contributed by atoms with Crippen LogP contribution in [0.3, 0.4) is 0 Å². The van der Waals surface area contributed by atoms with Crippen LogP contribution in [0.15, 0.2) is 45.6 Å². The number of carboxylic acid groups (broad SMARTS) is 3. The lowest BCUT2D eigenvalue weighted by atomic mass is 9.87. The van der Waals surface area contributed by atoms with Crippen LogP contribution in [0.4, 0.5) is 0 Å². The number of phenolic OH excluding ortho intramolecular Hbond substituents is 1. The van der Waals surface area contributed by atoms with Crippen molar-refractivity contribution in [3.63, 3.8) is 0 Å². The summed E-state index contributed by atoms with van der Waals surface area (Å²) in [6.45, 7) is 0. The first-order valence-corrected chi connectivity index (χ1v) is 9.82. The van der Waals surface area contributed by atoms with E-state index in [1.807, 2.05) is 0 Å². The van der Waals surface area contributed by atoms with E-state index in [1.54, 1.807) is 0 Å². The predicted octanol–water partition coefficient (Wildman–Crippen LogP) is 3.38. The van der Waals surface area contributed by atoms with Gasteiger partial charge >= 0.3 is 17.9 Å². The first-order chi connectivity index (χ1) is 16.6. The first kappa shape index (κ1) is 23.1. The molecule has 1 heterocycles. The van der Waals surface area contributed by atoms with Crippen LogP contribution in [0, 0.1) is 0 Å². The number of hydrogen-bond acceptors (Lipinski definition) is 8. The largest absolute Gasteiger partial charge is 0.504 e. The number of phenols is 1. The van der Waals surface area contributed by atoms with Gasteiger partial charge in [-0.05, 0) is 42.0 Å². The number of benzene rings is 3. The number of fused-ring (bicyclic) bond motifs is 2. The molecule has 0 bridgehead atoms. The molecule has 178 valence electrons. The van der Waals surface area contributed by atoms with Crippen LogP contribution in [-0.2, 0) is 0 Å². The Kier molecular flexibility index (Phi) is 5.53. The fraction of sp³-hybridized carbons (Fsp3) is 0.0833. The fourth-order valence-electron chi connectivity index (χ4n) is 3.96. The van der Waals surface area contributed by atoms with Gasteiger partial charge in [0.15, 0.2) is 17.1 Å². The number of methoxy groups -OCH3 is 2. The molecular weight excluding hydrogens is 464 g/mol. The summed E-state index contributed by atoms with van der Waals surface area (Å²) >= 11 is 0. The molecule has 2 aliphatic rings. The summed E-state index contributed by atoms with van der Waals surface area (Å²) in [4.78, 5) is 48.1. The molecule has 0 saturated carbocycles. The molecule has 0 amide bonds. The van der Waals surface area contributed by atoms with Crippen LogP contribution in [0.2, 0.25) is 0 Å². The molecule has 4 N–H and O–H groups in total. The van der Waals surface area contributed by atoms with E-state index >= 15 is 0 Å². The zero-order chi connectivity index (χ0) is 25.6. The quantitative estimate of drug-likeness (QED) is 0.297. The molecule has 0 atom stereocenters. The molecule has 0 fully saturated rings. The molecular formula is C24H16O11. The Hall–Kier alpha value is -5.06. The minimum absolute atomic E-state index is 0.0885. The number of aromatic carboxylic acids is 3. The number of ether oxygens (including phenoxy) is 2. The van der Waals surface area contributed by atoms with Crippen LogP contribution in [0.25, 0.3) is 33.4 Å². The summed E-state index contributed by atoms with van der Waals surface area (Å²) in [5.41, 5.74) is -2.44. The highest BCUT2D eigenvalue weighted by atomic mass is 16.5. The summed E-state index contributed by atoms with van der Waals surface area (Å²) in [5.74, 6) is -5.56. The Bertz CT molecular complexity index is 1580. The molecule has 11 nitrogen and oxygen atoms in total. The number of carbonyl (C=O) groups is 3. The average Bonchev–Trinajstić information content (AvgIpc) is 2.81. The van der Waals surface area contributed by atoms with Crippen LogP contribution in [0.1, 0.15) is 31.1 Å². The maximum absolute atomic E-state index is 12.4. The van der Waals surface area contributed by atoms with E-state index in [0.29, 0.717) is 0 Å². The van der Waals surface area contributed by atoms with Crippen molar-refractivity contribution in [1.29, 1.82) is 0 Å². The summed E-state index contributed by atoms with van der Waals surface area (Å²) in [6, 6.07) is 6.83. The topological polar surface area (TPSA) is 181 Å². The molecule has 2 aromatic rings. The molecule has 0 aromatic heterocycles. The lowest BCUT2D eigenvalue weighted by Gasteiger charge is -2.20. The standard InChI is InChI=1S/C24H16O11/c1-33-20-15(25)5-3-9-17(10-4-6-16(26)21(34-2)19(10)35-18(9)20)11-7-13(23(29)30)14(24(31)32)8-12(11)22(27)28/h3-8,25H,1-2H3,(H,27,28)(H,29,30)(H,31,32). The van der Waals surface area contributed by atoms with Gasteiger partial charge in [-0.3, -0.25) is 4.79 Å². The number of hydrogen-bond donors (Lipinski definition) is 4. The lowest BCUT2D eigenvalue weighted by Crippen LogP contribution is -2.13. The molecule has 11 heteroatoms. The highest BCUT2D eigenvalue weighted by molar-refractivity contribution is 6.12. The van der Waals surface area contributed by atoms with Crippen LogP contribution in [-0.4, -0.2) is 52.6 Å². The third kappa shape index (κ3) is 3.55. The number of carboxylic acids is 3. The Balaban J connectivity index is 2.31. The van der Waals surface area contributed by atoms with Crippen LogP contribution in [0.5, 0.6) is 17.2 Å². The van der Waals surface area contributed by atoms with Crippen molar-refractivity contribution in [1.82, 2.24) is 0 Å². The highest BCUT2D eigenvalue weighted by Gasteiger charge is 2.30. The SMILES string of the molecule is COc1c2oc3c(OC)c(O)ccc3c(-c3cc(C(=O)O)c(C(=O)O)cc3C(=O)O)c-2ccc1=O. The second-order valence-electron chi connectivity index (χ2n) is 7.30. The van der Waals surface area contributed by atoms with Gasteiger partial charge in [-0.2, -0.15) is 0 Å². The zero-order valence-corrected chi connectivity index (χ0v) is 18.1. The minimum atomic E-state index is -1.63. The van der Waals surface area contributed by atoms with Crippen molar-refractivity contribution in [3.05, 3.63) is 63.3 Å². The fourth-order valence-corrected chi connectivity index (χ4v) is 3.96. The van der Waals surface area contributed by atoms with Gasteiger partial charge in [-0.15, -0.1) is 0 Å². The molecule has 0 spiro atoms. The monoisotopic (exact) mass is 480 g/mol. The third-order valence-corrected chi connectivity index (χ3v) is 5.44. The van der Waals surface area contributed by atoms with Gasteiger partial charge < -0.3 is 34.3 Å². The smallest absolute Gasteiger partial charge is 0.336 e. The number of rotatable bonds is 6. The van der Waals surface area contributed by atoms with Gasteiger partial charge in [0.25, 0.3) is 0 Å². The van der Waals surface area contributed by atoms with Crippen molar-refractivity contribution in [3.8, 4) is 39.7 Å². The summed E-state index contributed by atoms with van der Waals surface area (Å²) in [5, 5.41) is 39.4. The second kappa shape index (κ2) is 8.37. The van der Waals surface area contributed by atoms with Gasteiger partial charge in [0.05, 0.1) is 30.9 Å². The molecule has 0 radical (unpaired) electrons. The van der Waals surface area contributed by atoms with Gasteiger partial charge in [0.2, 0.25) is 16.9 Å². The molecule has 1 aliphatic heterocycles. The predicted molar refractivity (Wildman–Crippen MR) is 120 cm³/mol. The Labute approximate surface area is 195 Å². The van der Waals surface area contributed by atoms with Crippen LogP contribution < -0.4 is 14.9 Å². The average molecular weight is 480 g/mol. The summed E-state index contributed by atoms with van der Waals surface area (Å²) in [6.07, 6.45) is 0. The van der Waals surface area contributed by atoms with E-state index in [9.17, 15) is 39.6 Å². The van der Waals surface area contributed by atoms with E-state index in [-0.39, 0.29) is 50.7 Å². The maximum atomic E-state index is 12.4. The maximum Gasteiger partial charge on any atom is 0.336 e. The van der Waals surface area contributed by atoms with E-state index in [4.69, 9.17) is 13.9 Å². The van der Waals surface area contributed by atoms with Crippen molar-refractivity contribution >= 4 is 28.9 Å². The van der Waals surface area contributed by atoms with Crippen LogP contribution >= 0.6 is 0 Å². The van der Waals surface area contributed by atoms with Gasteiger partial charge in [-0.25, -0.2) is 14.4 Å². The van der Waals surface area contributed by atoms with Crippen molar-refractivity contribution in [2.45, 2.75) is 0 Å². The molecule has 0 saturated heterocycles. The molecule has 2 aromatic carbocycles. The van der Waals surface area contributed by atoms with E-state index in [1.165, 1.54) is 32.4 Å². The molecule has 35 heavy (non-hydrogen) atoms. The van der Waals surface area contributed by atoms with E-state index in [2.05, 4.69) is 0 Å². The zero-order valence-electron chi connectivity index (χ0n) is 18.1. The first-order valence-electron chi connectivity index (χ1n) is 9.82.